The molecule has 0 saturated carbocycles. The Morgan fingerprint density at radius 1 is 1.38 bits per heavy atom. The number of hydrogen-bond donors (Lipinski definition) is 2. The van der Waals surface area contributed by atoms with Gasteiger partial charge in [-0.2, -0.15) is 5.10 Å². The van der Waals surface area contributed by atoms with Crippen LogP contribution in [-0.4, -0.2) is 48.3 Å². The Kier molecular flexibility index (Phi) is 7.01. The molecule has 120 valence electrons. The third-order valence-electron chi connectivity index (χ3n) is 2.51. The van der Waals surface area contributed by atoms with E-state index >= 15 is 0 Å². The normalized spacial score (nSPS) is 11.2. The minimum absolute atomic E-state index is 0.380. The maximum atomic E-state index is 11.4. The summed E-state index contributed by atoms with van der Waals surface area (Å²) in [6.07, 6.45) is 4.13. The van der Waals surface area contributed by atoms with Crippen molar-refractivity contribution >= 4 is 11.8 Å². The van der Waals surface area contributed by atoms with E-state index in [9.17, 15) is 4.79 Å². The Hall–Kier alpha value is -1.76. The lowest BCUT2D eigenvalue weighted by molar-refractivity contribution is 0.0528. The highest BCUT2D eigenvalue weighted by molar-refractivity contribution is 5.67. The van der Waals surface area contributed by atoms with Gasteiger partial charge in [0.05, 0.1) is 25.0 Å². The van der Waals surface area contributed by atoms with Gasteiger partial charge in [0.25, 0.3) is 0 Å². The summed E-state index contributed by atoms with van der Waals surface area (Å²) < 4.78 is 12.0. The van der Waals surface area contributed by atoms with Crippen LogP contribution in [0.4, 0.5) is 10.5 Å². The van der Waals surface area contributed by atoms with Crippen LogP contribution in [0.25, 0.3) is 0 Å². The largest absolute Gasteiger partial charge is 0.444 e. The first-order valence-electron chi connectivity index (χ1n) is 7.13. The van der Waals surface area contributed by atoms with Crippen LogP contribution in [0.15, 0.2) is 12.4 Å². The number of rotatable bonds is 8. The van der Waals surface area contributed by atoms with Gasteiger partial charge in [0.1, 0.15) is 5.60 Å². The Bertz CT molecular complexity index is 426. The molecular weight excluding hydrogens is 272 g/mol. The fraction of sp³-hybridized carbons (Fsp3) is 0.714. The molecule has 0 saturated heterocycles. The second kappa shape index (κ2) is 8.51. The summed E-state index contributed by atoms with van der Waals surface area (Å²) in [5.41, 5.74) is 0.502. The molecule has 0 aromatic carbocycles. The summed E-state index contributed by atoms with van der Waals surface area (Å²) in [6, 6.07) is 0. The molecule has 1 amide bonds. The number of nitrogens with one attached hydrogen (secondary N) is 2. The molecule has 1 heterocycles. The molecule has 0 aliphatic heterocycles. The number of ether oxygens (including phenoxy) is 2. The SMILES string of the molecule is COCCn1cc(NCCCNC(=O)OC(C)(C)C)cn1. The summed E-state index contributed by atoms with van der Waals surface area (Å²) in [5, 5.41) is 10.2. The third kappa shape index (κ3) is 8.19. The van der Waals surface area contributed by atoms with Gasteiger partial charge in [-0.1, -0.05) is 0 Å². The van der Waals surface area contributed by atoms with Gasteiger partial charge in [-0.3, -0.25) is 4.68 Å². The average molecular weight is 298 g/mol. The smallest absolute Gasteiger partial charge is 0.407 e. The number of anilines is 1. The van der Waals surface area contributed by atoms with Gasteiger partial charge in [-0.25, -0.2) is 4.79 Å². The average Bonchev–Trinajstić information content (AvgIpc) is 2.81. The van der Waals surface area contributed by atoms with Crippen molar-refractivity contribution in [3.05, 3.63) is 12.4 Å². The van der Waals surface area contributed by atoms with Crippen LogP contribution in [0.5, 0.6) is 0 Å². The van der Waals surface area contributed by atoms with Gasteiger partial charge in [-0.05, 0) is 27.2 Å². The van der Waals surface area contributed by atoms with Crippen LogP contribution in [0.3, 0.4) is 0 Å². The molecule has 1 aromatic heterocycles. The van der Waals surface area contributed by atoms with Gasteiger partial charge in [0.2, 0.25) is 0 Å². The molecule has 0 spiro atoms. The highest BCUT2D eigenvalue weighted by atomic mass is 16.6. The van der Waals surface area contributed by atoms with Gasteiger partial charge in [0, 0.05) is 26.4 Å². The number of amides is 1. The molecule has 0 bridgehead atoms. The van der Waals surface area contributed by atoms with E-state index in [0.717, 1.165) is 25.2 Å². The van der Waals surface area contributed by atoms with Crippen molar-refractivity contribution in [2.75, 3.05) is 32.1 Å². The number of carbonyl (C=O) groups is 1. The molecule has 21 heavy (non-hydrogen) atoms. The highest BCUT2D eigenvalue weighted by Gasteiger charge is 2.15. The molecule has 0 atom stereocenters. The van der Waals surface area contributed by atoms with E-state index in [1.54, 1.807) is 13.3 Å². The van der Waals surface area contributed by atoms with Crippen LogP contribution in [0, 0.1) is 0 Å². The maximum Gasteiger partial charge on any atom is 0.407 e. The molecule has 0 aliphatic rings. The molecule has 7 nitrogen and oxygen atoms in total. The van der Waals surface area contributed by atoms with Crippen molar-refractivity contribution in [1.29, 1.82) is 0 Å². The van der Waals surface area contributed by atoms with Crippen LogP contribution >= 0.6 is 0 Å². The van der Waals surface area contributed by atoms with E-state index < -0.39 is 5.60 Å². The molecule has 0 radical (unpaired) electrons. The van der Waals surface area contributed by atoms with Gasteiger partial charge in [-0.15, -0.1) is 0 Å². The minimum Gasteiger partial charge on any atom is -0.444 e. The maximum absolute atomic E-state index is 11.4. The first-order chi connectivity index (χ1) is 9.90. The lowest BCUT2D eigenvalue weighted by Gasteiger charge is -2.19. The van der Waals surface area contributed by atoms with Crippen molar-refractivity contribution in [1.82, 2.24) is 15.1 Å². The third-order valence-corrected chi connectivity index (χ3v) is 2.51. The van der Waals surface area contributed by atoms with Crippen LogP contribution in [0.1, 0.15) is 27.2 Å². The van der Waals surface area contributed by atoms with Crippen molar-refractivity contribution in [2.45, 2.75) is 39.3 Å². The fourth-order valence-electron chi connectivity index (χ4n) is 1.59. The van der Waals surface area contributed by atoms with Crippen LogP contribution in [-0.2, 0) is 16.0 Å². The monoisotopic (exact) mass is 298 g/mol. The number of alkyl carbamates (subject to hydrolysis) is 1. The lowest BCUT2D eigenvalue weighted by atomic mass is 10.2. The van der Waals surface area contributed by atoms with E-state index in [-0.39, 0.29) is 6.09 Å². The zero-order chi connectivity index (χ0) is 15.7. The zero-order valence-electron chi connectivity index (χ0n) is 13.3. The summed E-state index contributed by atoms with van der Waals surface area (Å²) in [6.45, 7) is 8.23. The topological polar surface area (TPSA) is 77.4 Å². The minimum atomic E-state index is -0.459. The molecule has 0 aliphatic carbocycles. The molecule has 0 fully saturated rings. The molecule has 1 aromatic rings. The fourth-order valence-corrected chi connectivity index (χ4v) is 1.59. The second-order valence-corrected chi connectivity index (χ2v) is 5.69. The van der Waals surface area contributed by atoms with Crippen molar-refractivity contribution < 1.29 is 14.3 Å². The van der Waals surface area contributed by atoms with E-state index in [2.05, 4.69) is 15.7 Å². The van der Waals surface area contributed by atoms with Crippen molar-refractivity contribution in [3.63, 3.8) is 0 Å². The van der Waals surface area contributed by atoms with Gasteiger partial charge in [0.15, 0.2) is 0 Å². The Morgan fingerprint density at radius 3 is 2.81 bits per heavy atom. The summed E-state index contributed by atoms with van der Waals surface area (Å²) in [5.74, 6) is 0. The van der Waals surface area contributed by atoms with Crippen molar-refractivity contribution in [3.8, 4) is 0 Å². The van der Waals surface area contributed by atoms with Crippen molar-refractivity contribution in [2.24, 2.45) is 0 Å². The number of aromatic nitrogens is 2. The second-order valence-electron chi connectivity index (χ2n) is 5.69. The predicted molar refractivity (Wildman–Crippen MR) is 81.4 cm³/mol. The summed E-state index contributed by atoms with van der Waals surface area (Å²) >= 11 is 0. The molecule has 7 heteroatoms. The Labute approximate surface area is 126 Å². The quantitative estimate of drug-likeness (QED) is 0.716. The summed E-state index contributed by atoms with van der Waals surface area (Å²) in [7, 11) is 1.67. The van der Waals surface area contributed by atoms with Crippen LogP contribution < -0.4 is 10.6 Å². The number of methoxy groups -OCH3 is 1. The van der Waals surface area contributed by atoms with E-state index in [1.165, 1.54) is 0 Å². The lowest BCUT2D eigenvalue weighted by Crippen LogP contribution is -2.33. The van der Waals surface area contributed by atoms with Crippen LogP contribution in [0.2, 0.25) is 0 Å². The molecule has 1 rings (SSSR count). The van der Waals surface area contributed by atoms with Gasteiger partial charge >= 0.3 is 6.09 Å². The van der Waals surface area contributed by atoms with E-state index in [4.69, 9.17) is 9.47 Å². The number of hydrogen-bond acceptors (Lipinski definition) is 5. The first-order valence-corrected chi connectivity index (χ1v) is 7.13. The zero-order valence-corrected chi connectivity index (χ0v) is 13.3. The first kappa shape index (κ1) is 17.3. The summed E-state index contributed by atoms with van der Waals surface area (Å²) in [4.78, 5) is 11.4. The highest BCUT2D eigenvalue weighted by Crippen LogP contribution is 2.06. The van der Waals surface area contributed by atoms with E-state index in [0.29, 0.717) is 13.2 Å². The van der Waals surface area contributed by atoms with Gasteiger partial charge < -0.3 is 20.1 Å². The standard InChI is InChI=1S/C14H26N4O3/c1-14(2,3)21-13(19)16-7-5-6-15-12-10-17-18(11-12)8-9-20-4/h10-11,15H,5-9H2,1-4H3,(H,16,19). The predicted octanol–water partition coefficient (Wildman–Crippen LogP) is 1.86. The molecular formula is C14H26N4O3. The Balaban J connectivity index is 2.11. The number of nitrogens with zero attached hydrogens (tertiary/aromatic N) is 2. The molecule has 0 unspecified atom stereocenters. The number of carbonyl (C=O) groups excluding carboxylic acids is 1. The van der Waals surface area contributed by atoms with E-state index in [1.807, 2.05) is 31.6 Å². The molecule has 2 N–H and O–H groups in total. The Morgan fingerprint density at radius 2 is 2.14 bits per heavy atom.